The number of aromatic nitrogens is 2. The lowest BCUT2D eigenvalue weighted by molar-refractivity contribution is -0.117. The lowest BCUT2D eigenvalue weighted by Crippen LogP contribution is -2.30. The van der Waals surface area contributed by atoms with E-state index >= 15 is 0 Å². The van der Waals surface area contributed by atoms with Crippen molar-refractivity contribution in [2.45, 2.75) is 59.6 Å². The van der Waals surface area contributed by atoms with Gasteiger partial charge in [-0.3, -0.25) is 15.0 Å². The predicted molar refractivity (Wildman–Crippen MR) is 222 cm³/mol. The van der Waals surface area contributed by atoms with Gasteiger partial charge in [0.25, 0.3) is 0 Å². The Hall–Kier alpha value is -6.13. The maximum atomic E-state index is 13.5. The smallest absolute Gasteiger partial charge is 0.324 e. The Morgan fingerprint density at radius 3 is 2.20 bits per heavy atom. The zero-order valence-electron chi connectivity index (χ0n) is 32.7. The summed E-state index contributed by atoms with van der Waals surface area (Å²) in [7, 11) is 3.57. The highest BCUT2D eigenvalue weighted by Gasteiger charge is 2.22. The monoisotopic (exact) mass is 738 g/mol. The van der Waals surface area contributed by atoms with Crippen molar-refractivity contribution >= 4 is 39.9 Å². The first-order valence-electron chi connectivity index (χ1n) is 18.5. The van der Waals surface area contributed by atoms with Crippen molar-refractivity contribution in [3.05, 3.63) is 137 Å². The van der Waals surface area contributed by atoms with Crippen molar-refractivity contribution in [2.24, 2.45) is 0 Å². The first kappa shape index (κ1) is 38.6. The Bertz CT molecular complexity index is 2270. The number of benzene rings is 5. The van der Waals surface area contributed by atoms with Crippen molar-refractivity contribution < 1.29 is 19.1 Å². The number of hydrogen-bond acceptors (Lipinski definition) is 6. The van der Waals surface area contributed by atoms with Crippen LogP contribution in [-0.2, 0) is 29.8 Å². The van der Waals surface area contributed by atoms with Gasteiger partial charge in [0.15, 0.2) is 0 Å². The van der Waals surface area contributed by atoms with Gasteiger partial charge in [0, 0.05) is 34.5 Å². The van der Waals surface area contributed by atoms with E-state index < -0.39 is 0 Å². The molecular weight excluding hydrogens is 689 g/mol. The average Bonchev–Trinajstić information content (AvgIpc) is 3.59. The van der Waals surface area contributed by atoms with Gasteiger partial charge >= 0.3 is 6.03 Å². The first-order chi connectivity index (χ1) is 26.4. The number of urea groups is 1. The van der Waals surface area contributed by atoms with E-state index in [0.717, 1.165) is 62.3 Å². The minimum absolute atomic E-state index is 0.0869. The molecule has 284 valence electrons. The van der Waals surface area contributed by atoms with Gasteiger partial charge in [-0.1, -0.05) is 93.9 Å². The number of nitrogens with zero attached hydrogens (tertiary/aromatic N) is 3. The van der Waals surface area contributed by atoms with E-state index in [-0.39, 0.29) is 23.9 Å². The van der Waals surface area contributed by atoms with Crippen LogP contribution in [0.4, 0.5) is 22.0 Å². The lowest BCUT2D eigenvalue weighted by Gasteiger charge is -2.18. The molecule has 6 rings (SSSR count). The van der Waals surface area contributed by atoms with Gasteiger partial charge in [0.2, 0.25) is 5.91 Å². The summed E-state index contributed by atoms with van der Waals surface area (Å²) in [5.41, 5.74) is 7.14. The van der Waals surface area contributed by atoms with Crippen LogP contribution < -0.4 is 25.4 Å². The molecule has 0 fully saturated rings. The Balaban J connectivity index is 1.13. The maximum Gasteiger partial charge on any atom is 0.324 e. The fraction of sp³-hybridized carbons (Fsp3) is 0.267. The summed E-state index contributed by atoms with van der Waals surface area (Å²) in [5.74, 6) is 1.97. The third-order valence-electron chi connectivity index (χ3n) is 9.38. The number of aryl methyl sites for hydroxylation is 2. The molecule has 0 aliphatic rings. The van der Waals surface area contributed by atoms with Crippen molar-refractivity contribution in [3.8, 4) is 17.2 Å². The second kappa shape index (κ2) is 16.9. The summed E-state index contributed by atoms with van der Waals surface area (Å²) in [6.07, 6.45) is 0.775. The van der Waals surface area contributed by atoms with E-state index in [1.807, 2.05) is 128 Å². The predicted octanol–water partition coefficient (Wildman–Crippen LogP) is 9.50. The highest BCUT2D eigenvalue weighted by Crippen LogP contribution is 2.33. The van der Waals surface area contributed by atoms with Crippen molar-refractivity contribution in [1.29, 1.82) is 0 Å². The number of hydrogen-bond donors (Lipinski definition) is 3. The fourth-order valence-electron chi connectivity index (χ4n) is 6.33. The molecule has 3 N–H and O–H groups in total. The number of carbonyl (C=O) groups is 2. The molecule has 0 unspecified atom stereocenters. The number of likely N-dealkylation sites (N-methyl/N-ethyl adjacent to an activating group) is 1. The molecule has 0 aliphatic heterocycles. The van der Waals surface area contributed by atoms with Crippen LogP contribution in [0, 0.1) is 6.92 Å². The second-order valence-electron chi connectivity index (χ2n) is 14.9. The zero-order valence-corrected chi connectivity index (χ0v) is 32.7. The molecule has 6 aromatic rings. The number of anilines is 3. The van der Waals surface area contributed by atoms with E-state index in [9.17, 15) is 9.59 Å². The normalized spacial score (nSPS) is 11.4. The molecular formula is C45H50N6O4. The van der Waals surface area contributed by atoms with E-state index in [0.29, 0.717) is 30.4 Å². The van der Waals surface area contributed by atoms with Gasteiger partial charge < -0.3 is 20.1 Å². The van der Waals surface area contributed by atoms with Gasteiger partial charge in [-0.15, -0.1) is 0 Å². The molecule has 10 heteroatoms. The van der Waals surface area contributed by atoms with Crippen molar-refractivity contribution in [2.75, 3.05) is 36.7 Å². The molecule has 55 heavy (non-hydrogen) atoms. The SMILES string of the molecule is CCc1ccc(COc2ccc(NC(=O)Nc3cc(C(C)(C)C)nn3-c3ccc(C)cc3)c3ccccc23)cc1NC(=O)CN(C)Cc1ccc(OC)cc1. The summed E-state index contributed by atoms with van der Waals surface area (Å²) >= 11 is 0. The summed E-state index contributed by atoms with van der Waals surface area (Å²) in [4.78, 5) is 28.6. The molecule has 0 saturated heterocycles. The number of carbonyl (C=O) groups excluding carboxylic acids is 2. The third-order valence-corrected chi connectivity index (χ3v) is 9.38. The summed E-state index contributed by atoms with van der Waals surface area (Å²) in [5, 5.41) is 15.7. The van der Waals surface area contributed by atoms with Crippen molar-refractivity contribution in [1.82, 2.24) is 14.7 Å². The molecule has 0 bridgehead atoms. The Morgan fingerprint density at radius 1 is 0.800 bits per heavy atom. The molecule has 0 aliphatic carbocycles. The minimum Gasteiger partial charge on any atom is -0.497 e. The highest BCUT2D eigenvalue weighted by molar-refractivity contribution is 6.07. The Kier molecular flexibility index (Phi) is 11.9. The molecule has 5 aromatic carbocycles. The molecule has 0 radical (unpaired) electrons. The highest BCUT2D eigenvalue weighted by atomic mass is 16.5. The molecule has 0 spiro atoms. The van der Waals surface area contributed by atoms with Crippen LogP contribution in [-0.4, -0.2) is 47.3 Å². The molecule has 1 aromatic heterocycles. The number of amides is 3. The van der Waals surface area contributed by atoms with Gasteiger partial charge in [0.05, 0.1) is 30.7 Å². The first-order valence-corrected chi connectivity index (χ1v) is 18.5. The maximum absolute atomic E-state index is 13.5. The molecule has 3 amide bonds. The molecule has 0 saturated carbocycles. The zero-order chi connectivity index (χ0) is 39.1. The minimum atomic E-state index is -0.384. The van der Waals surface area contributed by atoms with Gasteiger partial charge in [-0.25, -0.2) is 9.48 Å². The number of methoxy groups -OCH3 is 1. The van der Waals surface area contributed by atoms with Crippen LogP contribution in [0.25, 0.3) is 16.5 Å². The van der Waals surface area contributed by atoms with E-state index in [2.05, 4.69) is 43.6 Å². The quantitative estimate of drug-likeness (QED) is 0.109. The number of nitrogens with one attached hydrogen (secondary N) is 3. The average molecular weight is 739 g/mol. The van der Waals surface area contributed by atoms with Gasteiger partial charge in [-0.2, -0.15) is 5.10 Å². The largest absolute Gasteiger partial charge is 0.497 e. The Labute approximate surface area is 323 Å². The van der Waals surface area contributed by atoms with E-state index in [1.54, 1.807) is 11.8 Å². The van der Waals surface area contributed by atoms with Crippen LogP contribution in [0.2, 0.25) is 0 Å². The molecule has 1 heterocycles. The van der Waals surface area contributed by atoms with Crippen LogP contribution in [0.5, 0.6) is 11.5 Å². The summed E-state index contributed by atoms with van der Waals surface area (Å²) < 4.78 is 13.4. The van der Waals surface area contributed by atoms with Crippen LogP contribution in [0.3, 0.4) is 0 Å². The third kappa shape index (κ3) is 9.71. The number of rotatable bonds is 13. The van der Waals surface area contributed by atoms with Crippen LogP contribution >= 0.6 is 0 Å². The standard InChI is InChI=1S/C45H50N6O4/c1-8-33-18-15-32(25-39(33)46-43(52)28-50(6)27-31-16-21-35(54-7)22-17-31)29-55-40-24-23-38(36-11-9-10-12-37(36)40)47-44(53)48-42-26-41(45(3,4)5)49-51(42)34-19-13-30(2)14-20-34/h9-26H,8,27-29H2,1-7H3,(H,46,52)(H2,47,48,53). The lowest BCUT2D eigenvalue weighted by atomic mass is 9.92. The number of ether oxygens (including phenoxy) is 2. The Morgan fingerprint density at radius 2 is 1.51 bits per heavy atom. The van der Waals surface area contributed by atoms with E-state index in [1.165, 1.54) is 0 Å². The summed E-state index contributed by atoms with van der Waals surface area (Å²) in [6, 6.07) is 35.0. The topological polar surface area (TPSA) is 110 Å². The second-order valence-corrected chi connectivity index (χ2v) is 14.9. The molecule has 10 nitrogen and oxygen atoms in total. The molecule has 0 atom stereocenters. The van der Waals surface area contributed by atoms with Crippen molar-refractivity contribution in [3.63, 3.8) is 0 Å². The van der Waals surface area contributed by atoms with Crippen LogP contribution in [0.1, 0.15) is 55.6 Å². The van der Waals surface area contributed by atoms with Crippen LogP contribution in [0.15, 0.2) is 109 Å². The van der Waals surface area contributed by atoms with E-state index in [4.69, 9.17) is 14.6 Å². The summed E-state index contributed by atoms with van der Waals surface area (Å²) in [6.45, 7) is 11.6. The van der Waals surface area contributed by atoms with Gasteiger partial charge in [0.1, 0.15) is 23.9 Å². The fourth-order valence-corrected chi connectivity index (χ4v) is 6.33. The van der Waals surface area contributed by atoms with Gasteiger partial charge in [-0.05, 0) is 79.5 Å². The number of fused-ring (bicyclic) bond motifs is 1.